The average Bonchev–Trinajstić information content (AvgIpc) is 3.41. The van der Waals surface area contributed by atoms with Crippen molar-refractivity contribution in [3.8, 4) is 10.7 Å². The zero-order chi connectivity index (χ0) is 20.8. The Hall–Kier alpha value is -2.89. The molecule has 0 aliphatic rings. The first kappa shape index (κ1) is 19.4. The van der Waals surface area contributed by atoms with E-state index in [-0.39, 0.29) is 10.0 Å². The van der Waals surface area contributed by atoms with E-state index < -0.39 is 16.1 Å². The monoisotopic (exact) mass is 448 g/mol. The summed E-state index contributed by atoms with van der Waals surface area (Å²) in [6.07, 6.45) is -1.18. The van der Waals surface area contributed by atoms with Crippen molar-refractivity contribution in [1.82, 2.24) is 9.97 Å². The maximum absolute atomic E-state index is 13.0. The summed E-state index contributed by atoms with van der Waals surface area (Å²) in [5, 5.41) is 15.9. The predicted molar refractivity (Wildman–Crippen MR) is 116 cm³/mol. The van der Waals surface area contributed by atoms with Crippen LogP contribution in [0, 0.1) is 6.92 Å². The number of aryl methyl sites for hydroxylation is 1. The maximum atomic E-state index is 13.0. The first-order valence-electron chi connectivity index (χ1n) is 8.38. The molecule has 0 saturated heterocycles. The van der Waals surface area contributed by atoms with Crippen LogP contribution in [0.5, 0.6) is 0 Å². The second-order valence-corrected chi connectivity index (χ2v) is 10.2. The van der Waals surface area contributed by atoms with Crippen LogP contribution in [-0.4, -0.2) is 36.6 Å². The number of aromatic nitrogens is 2. The van der Waals surface area contributed by atoms with Gasteiger partial charge in [0.25, 0.3) is 10.0 Å². The van der Waals surface area contributed by atoms with Crippen molar-refractivity contribution < 1.29 is 18.3 Å². The zero-order valence-corrected chi connectivity index (χ0v) is 17.8. The van der Waals surface area contributed by atoms with Crippen molar-refractivity contribution >= 4 is 61.2 Å². The van der Waals surface area contributed by atoms with Gasteiger partial charge in [0.15, 0.2) is 0 Å². The number of sulfonamides is 1. The minimum Gasteiger partial charge on any atom is -0.465 e. The van der Waals surface area contributed by atoms with Crippen molar-refractivity contribution in [2.24, 2.45) is 0 Å². The van der Waals surface area contributed by atoms with E-state index in [0.717, 1.165) is 10.9 Å². The Morgan fingerprint density at radius 3 is 2.76 bits per heavy atom. The molecule has 11 heteroatoms. The highest BCUT2D eigenvalue weighted by Crippen LogP contribution is 2.36. The second-order valence-electron chi connectivity index (χ2n) is 6.25. The fourth-order valence-electron chi connectivity index (χ4n) is 2.96. The van der Waals surface area contributed by atoms with E-state index >= 15 is 0 Å². The van der Waals surface area contributed by atoms with E-state index in [1.165, 1.54) is 34.0 Å². The van der Waals surface area contributed by atoms with E-state index in [9.17, 15) is 13.2 Å². The van der Waals surface area contributed by atoms with Gasteiger partial charge < -0.3 is 10.1 Å². The molecular formula is C18H16N4O4S3. The van der Waals surface area contributed by atoms with E-state index in [4.69, 9.17) is 5.11 Å². The molecule has 4 aromatic rings. The lowest BCUT2D eigenvalue weighted by atomic mass is 10.1. The van der Waals surface area contributed by atoms with Crippen LogP contribution in [0.25, 0.3) is 21.6 Å². The fraction of sp³-hybridized carbons (Fsp3) is 0.111. The third-order valence-electron chi connectivity index (χ3n) is 4.41. The molecule has 8 nitrogen and oxygen atoms in total. The molecule has 29 heavy (non-hydrogen) atoms. The molecule has 4 rings (SSSR count). The highest BCUT2D eigenvalue weighted by Gasteiger charge is 2.25. The molecule has 3 N–H and O–H groups in total. The first-order chi connectivity index (χ1) is 13.8. The molecule has 1 aromatic carbocycles. The van der Waals surface area contributed by atoms with E-state index in [1.807, 2.05) is 19.1 Å². The maximum Gasteiger partial charge on any atom is 0.410 e. The Labute approximate surface area is 174 Å². The van der Waals surface area contributed by atoms with Crippen LogP contribution >= 0.6 is 22.7 Å². The lowest BCUT2D eigenvalue weighted by Crippen LogP contribution is -2.26. The number of carbonyl (C=O) groups is 1. The van der Waals surface area contributed by atoms with Crippen LogP contribution < -0.4 is 9.62 Å². The van der Waals surface area contributed by atoms with Crippen LogP contribution in [-0.2, 0) is 10.0 Å². The summed E-state index contributed by atoms with van der Waals surface area (Å²) in [5.41, 5.74) is 2.85. The lowest BCUT2D eigenvalue weighted by molar-refractivity contribution is 0.209. The van der Waals surface area contributed by atoms with Gasteiger partial charge in [0.05, 0.1) is 16.9 Å². The van der Waals surface area contributed by atoms with Crippen molar-refractivity contribution in [2.45, 2.75) is 11.1 Å². The average molecular weight is 449 g/mol. The summed E-state index contributed by atoms with van der Waals surface area (Å²) in [6, 6.07) is 8.81. The molecule has 0 spiro atoms. The van der Waals surface area contributed by atoms with Crippen molar-refractivity contribution in [3.63, 3.8) is 0 Å². The van der Waals surface area contributed by atoms with Gasteiger partial charge in [0, 0.05) is 17.8 Å². The number of nitrogens with one attached hydrogen (secondary N) is 2. The summed E-state index contributed by atoms with van der Waals surface area (Å²) in [5.74, 6) is 0.241. The minimum absolute atomic E-state index is 0.241. The Kier molecular flexibility index (Phi) is 4.81. The Morgan fingerprint density at radius 2 is 2.07 bits per heavy atom. The largest absolute Gasteiger partial charge is 0.465 e. The number of H-pyrrole nitrogens is 1. The van der Waals surface area contributed by atoms with Gasteiger partial charge in [-0.2, -0.15) is 0 Å². The highest BCUT2D eigenvalue weighted by molar-refractivity contribution is 7.94. The number of carboxylic acid groups (broad SMARTS) is 1. The molecule has 150 valence electrons. The van der Waals surface area contributed by atoms with Crippen molar-refractivity contribution in [1.29, 1.82) is 0 Å². The number of nitrogens with zero attached hydrogens (tertiary/aromatic N) is 2. The van der Waals surface area contributed by atoms with Gasteiger partial charge in [-0.15, -0.1) is 22.7 Å². The van der Waals surface area contributed by atoms with Crippen LogP contribution in [0.1, 0.15) is 5.56 Å². The van der Waals surface area contributed by atoms with Gasteiger partial charge in [-0.25, -0.2) is 18.2 Å². The number of anilines is 2. The molecule has 0 radical (unpaired) electrons. The molecule has 0 bridgehead atoms. The summed E-state index contributed by atoms with van der Waals surface area (Å²) in [4.78, 5) is 18.3. The summed E-state index contributed by atoms with van der Waals surface area (Å²) < 4.78 is 27.4. The van der Waals surface area contributed by atoms with Crippen LogP contribution in [0.4, 0.5) is 16.3 Å². The zero-order valence-electron chi connectivity index (χ0n) is 15.3. The van der Waals surface area contributed by atoms with E-state index in [1.54, 1.807) is 29.0 Å². The summed E-state index contributed by atoms with van der Waals surface area (Å²) >= 11 is 2.45. The molecule has 1 amide bonds. The first-order valence-corrected chi connectivity index (χ1v) is 11.6. The Morgan fingerprint density at radius 1 is 1.28 bits per heavy atom. The molecule has 0 atom stereocenters. The standard InChI is InChI=1S/C18H16N4O4S3/c1-10-5-6-13(22(2)29(25,26)15-4-3-7-27-15)16-11(10)8-12(19-16)17-20-14(9-28-17)21-18(23)24/h3-9,19,21H,1-2H3,(H,23,24). The van der Waals surface area contributed by atoms with Crippen molar-refractivity contribution in [3.05, 3.63) is 46.7 Å². The number of fused-ring (bicyclic) bond motifs is 1. The molecule has 0 unspecified atom stereocenters. The fourth-order valence-corrected chi connectivity index (χ4v) is 6.05. The molecule has 0 aliphatic carbocycles. The van der Waals surface area contributed by atoms with Gasteiger partial charge in [-0.3, -0.25) is 9.62 Å². The highest BCUT2D eigenvalue weighted by atomic mass is 32.2. The molecule has 3 aromatic heterocycles. The normalized spacial score (nSPS) is 11.7. The SMILES string of the molecule is Cc1ccc(N(C)S(=O)(=O)c2cccs2)c2[nH]c(-c3nc(NC(=O)O)cs3)cc12. The molecule has 0 aliphatic heterocycles. The van der Waals surface area contributed by atoms with E-state index in [0.29, 0.717) is 21.9 Å². The summed E-state index contributed by atoms with van der Waals surface area (Å²) in [7, 11) is -2.15. The third-order valence-corrected chi connectivity index (χ3v) is 8.43. The lowest BCUT2D eigenvalue weighted by Gasteiger charge is -2.19. The van der Waals surface area contributed by atoms with Crippen molar-refractivity contribution in [2.75, 3.05) is 16.7 Å². The number of thiophene rings is 1. The molecule has 0 fully saturated rings. The van der Waals surface area contributed by atoms with Gasteiger partial charge in [-0.1, -0.05) is 12.1 Å². The number of amides is 1. The minimum atomic E-state index is -3.67. The van der Waals surface area contributed by atoms with Crippen LogP contribution in [0.3, 0.4) is 0 Å². The second kappa shape index (κ2) is 7.17. The third kappa shape index (κ3) is 3.48. The molecule has 0 saturated carbocycles. The number of aromatic amines is 1. The topological polar surface area (TPSA) is 115 Å². The Bertz CT molecular complexity index is 1310. The Balaban J connectivity index is 1.80. The number of hydrogen-bond donors (Lipinski definition) is 3. The summed E-state index contributed by atoms with van der Waals surface area (Å²) in [6.45, 7) is 1.94. The molecular weight excluding hydrogens is 432 g/mol. The van der Waals surface area contributed by atoms with Gasteiger partial charge in [0.1, 0.15) is 15.0 Å². The number of thiazole rings is 1. The van der Waals surface area contributed by atoms with Crippen LogP contribution in [0.2, 0.25) is 0 Å². The smallest absolute Gasteiger partial charge is 0.410 e. The van der Waals surface area contributed by atoms with E-state index in [2.05, 4.69) is 15.3 Å². The predicted octanol–water partition coefficient (Wildman–Crippen LogP) is 4.58. The van der Waals surface area contributed by atoms with Crippen LogP contribution in [0.15, 0.2) is 45.3 Å². The number of hydrogen-bond acceptors (Lipinski definition) is 6. The quantitative estimate of drug-likeness (QED) is 0.413. The number of benzene rings is 1. The number of rotatable bonds is 5. The van der Waals surface area contributed by atoms with Gasteiger partial charge >= 0.3 is 6.09 Å². The molecule has 3 heterocycles. The van der Waals surface area contributed by atoms with Gasteiger partial charge in [0.2, 0.25) is 0 Å². The van der Waals surface area contributed by atoms with Gasteiger partial charge in [-0.05, 0) is 36.1 Å².